The number of rotatable bonds is 6. The molecule has 0 bridgehead atoms. The van der Waals surface area contributed by atoms with Crippen LogP contribution < -0.4 is 5.32 Å². The molecule has 0 aromatic carbocycles. The van der Waals surface area contributed by atoms with Crippen LogP contribution in [0.1, 0.15) is 32.1 Å². The first-order chi connectivity index (χ1) is 7.68. The zero-order chi connectivity index (χ0) is 11.8. The lowest BCUT2D eigenvalue weighted by molar-refractivity contribution is -0.119. The molecule has 94 valence electrons. The Morgan fingerprint density at radius 2 is 2.00 bits per heavy atom. The van der Waals surface area contributed by atoms with Crippen molar-refractivity contribution in [3.63, 3.8) is 0 Å². The number of nitrogens with zero attached hydrogens (tertiary/aromatic N) is 1. The summed E-state index contributed by atoms with van der Waals surface area (Å²) in [6.07, 6.45) is 6.24. The summed E-state index contributed by atoms with van der Waals surface area (Å²) in [5.74, 6) is 1.87. The van der Waals surface area contributed by atoms with Gasteiger partial charge in [0.05, 0.1) is 5.75 Å². The number of amides is 1. The predicted molar refractivity (Wildman–Crippen MR) is 70.9 cm³/mol. The second-order valence-electron chi connectivity index (χ2n) is 4.76. The van der Waals surface area contributed by atoms with E-state index < -0.39 is 0 Å². The van der Waals surface area contributed by atoms with E-state index in [2.05, 4.69) is 24.3 Å². The van der Waals surface area contributed by atoms with Crippen LogP contribution in [0.2, 0.25) is 0 Å². The van der Waals surface area contributed by atoms with Crippen LogP contribution in [0.5, 0.6) is 0 Å². The van der Waals surface area contributed by atoms with E-state index in [9.17, 15) is 4.79 Å². The van der Waals surface area contributed by atoms with Crippen LogP contribution in [0.15, 0.2) is 0 Å². The fourth-order valence-corrected chi connectivity index (χ4v) is 2.84. The van der Waals surface area contributed by atoms with Gasteiger partial charge in [-0.2, -0.15) is 11.8 Å². The molecule has 1 aliphatic rings. The maximum Gasteiger partial charge on any atom is 0.230 e. The van der Waals surface area contributed by atoms with Gasteiger partial charge in [0.25, 0.3) is 0 Å². The van der Waals surface area contributed by atoms with E-state index >= 15 is 0 Å². The molecule has 0 aromatic rings. The summed E-state index contributed by atoms with van der Waals surface area (Å²) in [6, 6.07) is 0.454. The number of nitrogens with one attached hydrogen (secondary N) is 1. The van der Waals surface area contributed by atoms with Crippen LogP contribution in [-0.2, 0) is 4.79 Å². The third-order valence-corrected chi connectivity index (χ3v) is 3.82. The van der Waals surface area contributed by atoms with Crippen LogP contribution in [0.25, 0.3) is 0 Å². The van der Waals surface area contributed by atoms with Gasteiger partial charge in [-0.05, 0) is 26.9 Å². The van der Waals surface area contributed by atoms with E-state index in [-0.39, 0.29) is 5.91 Å². The number of carbonyl (C=O) groups is 1. The molecule has 4 heteroatoms. The number of thioether (sulfide) groups is 1. The van der Waals surface area contributed by atoms with Gasteiger partial charge in [-0.3, -0.25) is 4.79 Å². The first-order valence-corrected chi connectivity index (χ1v) is 7.36. The highest BCUT2D eigenvalue weighted by atomic mass is 32.2. The molecule has 1 N–H and O–H groups in total. The van der Waals surface area contributed by atoms with Crippen molar-refractivity contribution in [3.05, 3.63) is 0 Å². The molecule has 0 aliphatic heterocycles. The second kappa shape index (κ2) is 7.96. The molecule has 3 nitrogen and oxygen atoms in total. The first kappa shape index (κ1) is 13.8. The highest BCUT2D eigenvalue weighted by molar-refractivity contribution is 7.99. The molecule has 16 heavy (non-hydrogen) atoms. The molecule has 0 radical (unpaired) electrons. The molecular formula is C12H24N2OS. The van der Waals surface area contributed by atoms with Crippen molar-refractivity contribution >= 4 is 17.7 Å². The lowest BCUT2D eigenvalue weighted by Gasteiger charge is -2.22. The molecule has 0 unspecified atom stereocenters. The molecule has 1 rings (SSSR count). The minimum atomic E-state index is 0.218. The summed E-state index contributed by atoms with van der Waals surface area (Å²) in [7, 11) is 4.12. The highest BCUT2D eigenvalue weighted by Crippen LogP contribution is 2.17. The van der Waals surface area contributed by atoms with Crippen LogP contribution in [0.4, 0.5) is 0 Å². The van der Waals surface area contributed by atoms with Gasteiger partial charge >= 0.3 is 0 Å². The first-order valence-electron chi connectivity index (χ1n) is 6.20. The summed E-state index contributed by atoms with van der Waals surface area (Å²) < 4.78 is 0. The van der Waals surface area contributed by atoms with Crippen LogP contribution in [0.3, 0.4) is 0 Å². The number of carbonyl (C=O) groups excluding carboxylic acids is 1. The third kappa shape index (κ3) is 6.38. The summed E-state index contributed by atoms with van der Waals surface area (Å²) >= 11 is 1.72. The van der Waals surface area contributed by atoms with Gasteiger partial charge in [0.1, 0.15) is 0 Å². The summed E-state index contributed by atoms with van der Waals surface area (Å²) in [6.45, 7) is 1.04. The van der Waals surface area contributed by atoms with E-state index in [1.54, 1.807) is 11.8 Å². The van der Waals surface area contributed by atoms with Crippen LogP contribution >= 0.6 is 11.8 Å². The second-order valence-corrected chi connectivity index (χ2v) is 5.86. The molecule has 0 heterocycles. The van der Waals surface area contributed by atoms with Crippen LogP contribution in [0, 0.1) is 0 Å². The van der Waals surface area contributed by atoms with Crippen molar-refractivity contribution in [2.45, 2.75) is 38.1 Å². The SMILES string of the molecule is CN(C)CCSCC(=O)NC1CCCCC1. The largest absolute Gasteiger partial charge is 0.353 e. The maximum atomic E-state index is 11.6. The Hall–Kier alpha value is -0.220. The average Bonchev–Trinajstić information content (AvgIpc) is 2.25. The molecule has 0 aromatic heterocycles. The van der Waals surface area contributed by atoms with Gasteiger partial charge in [0.2, 0.25) is 5.91 Å². The highest BCUT2D eigenvalue weighted by Gasteiger charge is 2.15. The van der Waals surface area contributed by atoms with Crippen molar-refractivity contribution in [1.29, 1.82) is 0 Å². The van der Waals surface area contributed by atoms with Crippen LogP contribution in [-0.4, -0.2) is 49.0 Å². The Morgan fingerprint density at radius 3 is 2.62 bits per heavy atom. The van der Waals surface area contributed by atoms with Crippen molar-refractivity contribution in [2.75, 3.05) is 32.1 Å². The standard InChI is InChI=1S/C12H24N2OS/c1-14(2)8-9-16-10-12(15)13-11-6-4-3-5-7-11/h11H,3-10H2,1-2H3,(H,13,15). The molecule has 0 saturated heterocycles. The number of hydrogen-bond acceptors (Lipinski definition) is 3. The molecule has 1 aliphatic carbocycles. The molecule has 0 spiro atoms. The van der Waals surface area contributed by atoms with E-state index in [0.717, 1.165) is 12.3 Å². The molecule has 1 fully saturated rings. The van der Waals surface area contributed by atoms with Crippen molar-refractivity contribution in [2.24, 2.45) is 0 Å². The predicted octanol–water partition coefficient (Wildman–Crippen LogP) is 1.73. The Labute approximate surface area is 103 Å². The van der Waals surface area contributed by atoms with Crippen molar-refractivity contribution in [3.8, 4) is 0 Å². The van der Waals surface area contributed by atoms with E-state index in [1.165, 1.54) is 32.1 Å². The van der Waals surface area contributed by atoms with E-state index in [0.29, 0.717) is 11.8 Å². The quantitative estimate of drug-likeness (QED) is 0.722. The summed E-state index contributed by atoms with van der Waals surface area (Å²) in [5, 5.41) is 3.13. The molecule has 1 saturated carbocycles. The lowest BCUT2D eigenvalue weighted by Crippen LogP contribution is -2.37. The van der Waals surface area contributed by atoms with Gasteiger partial charge in [0, 0.05) is 18.3 Å². The Morgan fingerprint density at radius 1 is 1.31 bits per heavy atom. The minimum absolute atomic E-state index is 0.218. The zero-order valence-electron chi connectivity index (χ0n) is 10.5. The lowest BCUT2D eigenvalue weighted by atomic mass is 9.95. The maximum absolute atomic E-state index is 11.6. The normalized spacial score (nSPS) is 17.7. The Balaban J connectivity index is 2.01. The average molecular weight is 244 g/mol. The van der Waals surface area contributed by atoms with Crippen molar-refractivity contribution in [1.82, 2.24) is 10.2 Å². The molecule has 0 atom stereocenters. The molecule has 1 amide bonds. The summed E-state index contributed by atoms with van der Waals surface area (Å²) in [4.78, 5) is 13.8. The van der Waals surface area contributed by atoms with Gasteiger partial charge in [0.15, 0.2) is 0 Å². The smallest absolute Gasteiger partial charge is 0.230 e. The molecular weight excluding hydrogens is 220 g/mol. The van der Waals surface area contributed by atoms with Gasteiger partial charge < -0.3 is 10.2 Å². The topological polar surface area (TPSA) is 32.3 Å². The summed E-state index contributed by atoms with van der Waals surface area (Å²) in [5.41, 5.74) is 0. The van der Waals surface area contributed by atoms with E-state index in [4.69, 9.17) is 0 Å². The Kier molecular flexibility index (Phi) is 6.88. The van der Waals surface area contributed by atoms with E-state index in [1.807, 2.05) is 0 Å². The van der Waals surface area contributed by atoms with Gasteiger partial charge in [-0.1, -0.05) is 19.3 Å². The third-order valence-electron chi connectivity index (χ3n) is 2.89. The minimum Gasteiger partial charge on any atom is -0.353 e. The zero-order valence-corrected chi connectivity index (χ0v) is 11.3. The fraction of sp³-hybridized carbons (Fsp3) is 0.917. The fourth-order valence-electron chi connectivity index (χ4n) is 1.93. The van der Waals surface area contributed by atoms with Gasteiger partial charge in [-0.25, -0.2) is 0 Å². The monoisotopic (exact) mass is 244 g/mol. The Bertz CT molecular complexity index is 203. The van der Waals surface area contributed by atoms with Crippen molar-refractivity contribution < 1.29 is 4.79 Å². The number of hydrogen-bond donors (Lipinski definition) is 1. The van der Waals surface area contributed by atoms with Gasteiger partial charge in [-0.15, -0.1) is 0 Å².